The molecule has 24 heavy (non-hydrogen) atoms. The zero-order valence-corrected chi connectivity index (χ0v) is 14.0. The van der Waals surface area contributed by atoms with Crippen molar-refractivity contribution in [1.82, 2.24) is 4.98 Å². The summed E-state index contributed by atoms with van der Waals surface area (Å²) in [4.78, 5) is 11.7. The van der Waals surface area contributed by atoms with Crippen molar-refractivity contribution in [1.29, 1.82) is 0 Å². The lowest BCUT2D eigenvalue weighted by molar-refractivity contribution is -0.140. The van der Waals surface area contributed by atoms with Crippen LogP contribution in [-0.4, -0.2) is 11.0 Å². The number of halogens is 7. The maximum atomic E-state index is 14.2. The van der Waals surface area contributed by atoms with Crippen molar-refractivity contribution in [2.45, 2.75) is 17.9 Å². The molecule has 0 aliphatic heterocycles. The summed E-state index contributed by atoms with van der Waals surface area (Å²) >= 11 is 17.1. The molecule has 0 saturated heterocycles. The van der Waals surface area contributed by atoms with Crippen LogP contribution in [0.25, 0.3) is 11.1 Å². The third-order valence-electron chi connectivity index (χ3n) is 2.94. The molecule has 1 heterocycles. The van der Waals surface area contributed by atoms with E-state index in [2.05, 4.69) is 0 Å². The van der Waals surface area contributed by atoms with E-state index < -0.39 is 28.5 Å². The van der Waals surface area contributed by atoms with Crippen LogP contribution in [0.15, 0.2) is 18.2 Å². The number of hydrogen-bond acceptors (Lipinski definition) is 2. The second kappa shape index (κ2) is 6.82. The van der Waals surface area contributed by atoms with E-state index in [0.29, 0.717) is 6.07 Å². The van der Waals surface area contributed by atoms with E-state index in [1.165, 1.54) is 0 Å². The van der Waals surface area contributed by atoms with Gasteiger partial charge in [-0.2, -0.15) is 13.2 Å². The van der Waals surface area contributed by atoms with Crippen molar-refractivity contribution in [3.8, 4) is 16.9 Å². The van der Waals surface area contributed by atoms with Gasteiger partial charge in [0.1, 0.15) is 22.1 Å². The highest BCUT2D eigenvalue weighted by Gasteiger charge is 2.35. The molecule has 1 aromatic carbocycles. The third-order valence-corrected chi connectivity index (χ3v) is 3.67. The summed E-state index contributed by atoms with van der Waals surface area (Å²) in [5.41, 5.74) is -1.92. The Labute approximate surface area is 148 Å². The van der Waals surface area contributed by atoms with Crippen molar-refractivity contribution in [2.75, 3.05) is 0 Å². The monoisotopic (exact) mass is 403 g/mol. The number of ether oxygens (including phenoxy) is 1. The zero-order valence-electron chi connectivity index (χ0n) is 11.8. The highest BCUT2D eigenvalue weighted by molar-refractivity contribution is 6.44. The van der Waals surface area contributed by atoms with Gasteiger partial charge in [-0.25, -0.2) is 4.39 Å². The quantitative estimate of drug-likeness (QED) is 0.300. The minimum atomic E-state index is -4.71. The van der Waals surface area contributed by atoms with Crippen molar-refractivity contribution in [3.63, 3.8) is 0 Å². The van der Waals surface area contributed by atoms with Gasteiger partial charge >= 0.3 is 12.1 Å². The lowest BCUT2D eigenvalue weighted by Crippen LogP contribution is -2.05. The summed E-state index contributed by atoms with van der Waals surface area (Å²) in [7, 11) is 0. The maximum Gasteiger partial charge on any atom is 0.431 e. The standard InChI is InChI=1S/C14H8Cl3F4NO2/c1-5(23)24-10-2-6(9(18)4-8(10)15)7-3-11(14(19,20)21)22-12(7)13(16)17/h2-4,13,22H,1H3. The van der Waals surface area contributed by atoms with Crippen LogP contribution in [0.2, 0.25) is 5.02 Å². The Morgan fingerprint density at radius 3 is 2.33 bits per heavy atom. The molecule has 0 aliphatic carbocycles. The fourth-order valence-corrected chi connectivity index (χ4v) is 2.52. The average Bonchev–Trinajstić information content (AvgIpc) is 2.86. The number of nitrogens with one attached hydrogen (secondary N) is 1. The molecule has 0 radical (unpaired) electrons. The molecular weight excluding hydrogens is 397 g/mol. The van der Waals surface area contributed by atoms with E-state index in [9.17, 15) is 22.4 Å². The van der Waals surface area contributed by atoms with Crippen LogP contribution in [0.1, 0.15) is 23.1 Å². The highest BCUT2D eigenvalue weighted by atomic mass is 35.5. The topological polar surface area (TPSA) is 42.1 Å². The van der Waals surface area contributed by atoms with Gasteiger partial charge in [0.15, 0.2) is 0 Å². The van der Waals surface area contributed by atoms with Gasteiger partial charge in [-0.15, -0.1) is 0 Å². The van der Waals surface area contributed by atoms with Crippen molar-refractivity contribution in [2.24, 2.45) is 0 Å². The lowest BCUT2D eigenvalue weighted by Gasteiger charge is -2.10. The molecule has 0 atom stereocenters. The molecule has 0 saturated carbocycles. The summed E-state index contributed by atoms with van der Waals surface area (Å²) in [5, 5.41) is -0.215. The molecule has 0 spiro atoms. The fraction of sp³-hybridized carbons (Fsp3) is 0.214. The maximum absolute atomic E-state index is 14.2. The van der Waals surface area contributed by atoms with E-state index in [1.807, 2.05) is 4.98 Å². The number of esters is 1. The Morgan fingerprint density at radius 2 is 1.83 bits per heavy atom. The zero-order chi connectivity index (χ0) is 18.2. The minimum Gasteiger partial charge on any atom is -0.425 e. The number of carbonyl (C=O) groups is 1. The van der Waals surface area contributed by atoms with E-state index in [1.54, 1.807) is 0 Å². The summed E-state index contributed by atoms with van der Waals surface area (Å²) in [6.07, 6.45) is -4.71. The molecule has 3 nitrogen and oxygen atoms in total. The van der Waals surface area contributed by atoms with Crippen molar-refractivity contribution in [3.05, 3.63) is 40.4 Å². The smallest absolute Gasteiger partial charge is 0.425 e. The summed E-state index contributed by atoms with van der Waals surface area (Å²) in [6.45, 7) is 1.09. The van der Waals surface area contributed by atoms with E-state index in [-0.39, 0.29) is 27.6 Å². The van der Waals surface area contributed by atoms with Crippen LogP contribution in [0.5, 0.6) is 5.75 Å². The van der Waals surface area contributed by atoms with Crippen LogP contribution in [-0.2, 0) is 11.0 Å². The molecule has 2 aromatic rings. The Balaban J connectivity index is 2.66. The molecule has 1 aromatic heterocycles. The van der Waals surface area contributed by atoms with Gasteiger partial charge in [0.05, 0.1) is 10.7 Å². The molecule has 10 heteroatoms. The molecule has 1 N–H and O–H groups in total. The molecule has 0 unspecified atom stereocenters. The Kier molecular flexibility index (Phi) is 5.37. The van der Waals surface area contributed by atoms with E-state index >= 15 is 0 Å². The highest BCUT2D eigenvalue weighted by Crippen LogP contribution is 2.42. The van der Waals surface area contributed by atoms with Gasteiger partial charge in [0.25, 0.3) is 0 Å². The largest absolute Gasteiger partial charge is 0.431 e. The number of alkyl halides is 5. The number of aromatic nitrogens is 1. The Bertz CT molecular complexity index is 787. The van der Waals surface area contributed by atoms with Gasteiger partial charge in [-0.3, -0.25) is 4.79 Å². The predicted octanol–water partition coefficient (Wildman–Crippen LogP) is 5.89. The Hall–Kier alpha value is -1.44. The van der Waals surface area contributed by atoms with Crippen molar-refractivity contribution < 1.29 is 27.1 Å². The van der Waals surface area contributed by atoms with Crippen LogP contribution < -0.4 is 4.74 Å². The first-order chi connectivity index (χ1) is 11.0. The first-order valence-electron chi connectivity index (χ1n) is 6.26. The molecule has 2 rings (SSSR count). The number of hydrogen-bond donors (Lipinski definition) is 1. The first kappa shape index (κ1) is 18.9. The van der Waals surface area contributed by atoms with Gasteiger partial charge in [-0.05, 0) is 18.2 Å². The molecule has 0 aliphatic rings. The third kappa shape index (κ3) is 3.96. The second-order valence-corrected chi connectivity index (χ2v) is 6.17. The first-order valence-corrected chi connectivity index (χ1v) is 7.52. The van der Waals surface area contributed by atoms with Crippen molar-refractivity contribution >= 4 is 40.8 Å². The number of rotatable bonds is 3. The second-order valence-electron chi connectivity index (χ2n) is 4.66. The van der Waals surface area contributed by atoms with Crippen LogP contribution >= 0.6 is 34.8 Å². The molecular formula is C14H8Cl3F4NO2. The lowest BCUT2D eigenvalue weighted by atomic mass is 10.0. The number of carbonyl (C=O) groups excluding carboxylic acids is 1. The number of benzene rings is 1. The molecule has 0 amide bonds. The van der Waals surface area contributed by atoms with Crippen LogP contribution in [0.3, 0.4) is 0 Å². The van der Waals surface area contributed by atoms with Crippen LogP contribution in [0, 0.1) is 5.82 Å². The number of H-pyrrole nitrogens is 1. The van der Waals surface area contributed by atoms with Gasteiger partial charge in [0, 0.05) is 18.1 Å². The van der Waals surface area contributed by atoms with Crippen LogP contribution in [0.4, 0.5) is 17.6 Å². The number of aromatic amines is 1. The summed E-state index contributed by atoms with van der Waals surface area (Å²) in [5.74, 6) is -1.87. The van der Waals surface area contributed by atoms with Gasteiger partial charge in [0.2, 0.25) is 0 Å². The molecule has 130 valence electrons. The minimum absolute atomic E-state index is 0.207. The normalized spacial score (nSPS) is 11.9. The Morgan fingerprint density at radius 1 is 1.21 bits per heavy atom. The van der Waals surface area contributed by atoms with E-state index in [0.717, 1.165) is 19.1 Å². The average molecular weight is 405 g/mol. The van der Waals surface area contributed by atoms with Gasteiger partial charge < -0.3 is 9.72 Å². The molecule has 0 fully saturated rings. The summed E-state index contributed by atoms with van der Waals surface area (Å²) in [6, 6.07) is 2.48. The van der Waals surface area contributed by atoms with E-state index in [4.69, 9.17) is 39.5 Å². The van der Waals surface area contributed by atoms with Gasteiger partial charge in [-0.1, -0.05) is 34.8 Å². The fourth-order valence-electron chi connectivity index (χ4n) is 1.99. The predicted molar refractivity (Wildman–Crippen MR) is 82.0 cm³/mol. The summed E-state index contributed by atoms with van der Waals surface area (Å²) < 4.78 is 57.6. The SMILES string of the molecule is CC(=O)Oc1cc(-c2cc(C(F)(F)F)[nH]c2C(Cl)Cl)c(F)cc1Cl. The molecule has 0 bridgehead atoms.